The first kappa shape index (κ1) is 27.4. The number of ether oxygens (including phenoxy) is 2. The molecule has 0 aliphatic rings. The number of methoxy groups -OCH3 is 2. The summed E-state index contributed by atoms with van der Waals surface area (Å²) in [4.78, 5) is 27.2. The summed E-state index contributed by atoms with van der Waals surface area (Å²) < 4.78 is 10.7. The highest BCUT2D eigenvalue weighted by Crippen LogP contribution is 2.38. The number of rotatable bonds is 9. The number of hydrogen-bond acceptors (Lipinski definition) is 5. The number of carbonyl (C=O) groups excluding carboxylic acids is 2. The molecule has 4 aromatic carbocycles. The van der Waals surface area contributed by atoms with E-state index in [1.165, 1.54) is 26.0 Å². The molecule has 9 heteroatoms. The van der Waals surface area contributed by atoms with Crippen LogP contribution in [0.5, 0.6) is 11.5 Å². The minimum atomic E-state index is -0.565. The van der Waals surface area contributed by atoms with E-state index < -0.39 is 5.25 Å². The van der Waals surface area contributed by atoms with Crippen LogP contribution in [0.1, 0.15) is 21.2 Å². The summed E-state index contributed by atoms with van der Waals surface area (Å²) in [7, 11) is 2.99. The smallest absolute Gasteiger partial charge is 0.263 e. The SMILES string of the molecule is COc1cccc(OC)c1C(=O)Nc1ccc(SC(C(=O)Nc2cccc(Cl)c2Cl)c2ccccc2)cc1. The molecule has 1 unspecified atom stereocenters. The van der Waals surface area contributed by atoms with E-state index in [9.17, 15) is 9.59 Å². The Balaban J connectivity index is 1.53. The monoisotopic (exact) mass is 566 g/mol. The van der Waals surface area contributed by atoms with Crippen LogP contribution in [-0.4, -0.2) is 26.0 Å². The van der Waals surface area contributed by atoms with Crippen LogP contribution in [0.4, 0.5) is 11.4 Å². The lowest BCUT2D eigenvalue weighted by atomic mass is 10.1. The van der Waals surface area contributed by atoms with Crippen molar-refractivity contribution in [1.82, 2.24) is 0 Å². The van der Waals surface area contributed by atoms with Crippen molar-refractivity contribution in [3.63, 3.8) is 0 Å². The molecule has 0 aliphatic carbocycles. The van der Waals surface area contributed by atoms with Gasteiger partial charge in [0, 0.05) is 10.6 Å². The molecule has 1 atom stereocenters. The van der Waals surface area contributed by atoms with E-state index in [4.69, 9.17) is 32.7 Å². The molecule has 6 nitrogen and oxygen atoms in total. The Morgan fingerprint density at radius 1 is 0.763 bits per heavy atom. The summed E-state index contributed by atoms with van der Waals surface area (Å²) in [5.74, 6) is 0.210. The third-order valence-corrected chi connectivity index (χ3v) is 7.66. The van der Waals surface area contributed by atoms with Gasteiger partial charge in [0.25, 0.3) is 5.91 Å². The van der Waals surface area contributed by atoms with E-state index in [0.29, 0.717) is 33.5 Å². The number of amides is 2. The molecule has 2 N–H and O–H groups in total. The molecule has 4 rings (SSSR count). The topological polar surface area (TPSA) is 76.7 Å². The average Bonchev–Trinajstić information content (AvgIpc) is 2.94. The number of hydrogen-bond donors (Lipinski definition) is 2. The van der Waals surface area contributed by atoms with Crippen LogP contribution in [-0.2, 0) is 4.79 Å². The first-order valence-electron chi connectivity index (χ1n) is 11.5. The second-order valence-corrected chi connectivity index (χ2v) is 9.98. The zero-order valence-corrected chi connectivity index (χ0v) is 22.9. The Morgan fingerprint density at radius 2 is 1.39 bits per heavy atom. The molecule has 0 saturated heterocycles. The first-order valence-corrected chi connectivity index (χ1v) is 13.1. The summed E-state index contributed by atoms with van der Waals surface area (Å²) in [6.45, 7) is 0. The van der Waals surface area contributed by atoms with Gasteiger partial charge in [-0.3, -0.25) is 9.59 Å². The molecule has 0 saturated carbocycles. The van der Waals surface area contributed by atoms with Gasteiger partial charge in [-0.15, -0.1) is 11.8 Å². The Labute approximate surface area is 235 Å². The van der Waals surface area contributed by atoms with Crippen molar-refractivity contribution < 1.29 is 19.1 Å². The lowest BCUT2D eigenvalue weighted by molar-refractivity contribution is -0.115. The van der Waals surface area contributed by atoms with Crippen molar-refractivity contribution in [2.75, 3.05) is 24.9 Å². The van der Waals surface area contributed by atoms with Gasteiger partial charge in [0.15, 0.2) is 0 Å². The summed E-state index contributed by atoms with van der Waals surface area (Å²) >= 11 is 13.8. The van der Waals surface area contributed by atoms with Crippen LogP contribution in [0.15, 0.2) is 95.9 Å². The lowest BCUT2D eigenvalue weighted by Gasteiger charge is -2.18. The Bertz CT molecular complexity index is 1410. The van der Waals surface area contributed by atoms with E-state index in [-0.39, 0.29) is 16.8 Å². The molecular weight excluding hydrogens is 543 g/mol. The molecule has 0 aliphatic heterocycles. The number of benzene rings is 4. The predicted molar refractivity (Wildman–Crippen MR) is 154 cm³/mol. The number of anilines is 2. The largest absolute Gasteiger partial charge is 0.496 e. The standard InChI is InChI=1S/C29H24Cl2N2O4S/c1-36-23-12-7-13-24(37-2)25(23)28(34)32-19-14-16-20(17-15-19)38-27(18-8-4-3-5-9-18)29(35)33-22-11-6-10-21(30)26(22)31/h3-17,27H,1-2H3,(H,32,34)(H,33,35). The molecule has 0 radical (unpaired) electrons. The van der Waals surface area contributed by atoms with Crippen molar-refractivity contribution in [3.05, 3.63) is 112 Å². The molecule has 2 amide bonds. The van der Waals surface area contributed by atoms with E-state index in [0.717, 1.165) is 10.5 Å². The maximum atomic E-state index is 13.4. The van der Waals surface area contributed by atoms with E-state index in [1.807, 2.05) is 42.5 Å². The number of carbonyl (C=O) groups is 2. The number of nitrogens with one attached hydrogen (secondary N) is 2. The van der Waals surface area contributed by atoms with E-state index >= 15 is 0 Å². The summed E-state index contributed by atoms with van der Waals surface area (Å²) in [6, 6.07) is 26.9. The Morgan fingerprint density at radius 3 is 2.03 bits per heavy atom. The Kier molecular flexibility index (Phi) is 9.18. The third kappa shape index (κ3) is 6.42. The predicted octanol–water partition coefficient (Wildman–Crippen LogP) is 7.74. The van der Waals surface area contributed by atoms with Gasteiger partial charge in [-0.2, -0.15) is 0 Å². The lowest BCUT2D eigenvalue weighted by Crippen LogP contribution is -2.19. The van der Waals surface area contributed by atoms with Gasteiger partial charge in [-0.25, -0.2) is 0 Å². The van der Waals surface area contributed by atoms with Crippen LogP contribution in [0, 0.1) is 0 Å². The van der Waals surface area contributed by atoms with Crippen LogP contribution < -0.4 is 20.1 Å². The van der Waals surface area contributed by atoms with E-state index in [1.54, 1.807) is 48.5 Å². The summed E-state index contributed by atoms with van der Waals surface area (Å²) in [5, 5.41) is 5.84. The molecule has 0 aromatic heterocycles. The second-order valence-electron chi connectivity index (χ2n) is 8.02. The van der Waals surface area contributed by atoms with Gasteiger partial charge in [0.05, 0.1) is 30.0 Å². The Hall–Kier alpha value is -3.65. The molecule has 0 fully saturated rings. The number of thioether (sulfide) groups is 1. The minimum absolute atomic E-state index is 0.244. The van der Waals surface area contributed by atoms with Crippen LogP contribution in [0.2, 0.25) is 10.0 Å². The fraction of sp³-hybridized carbons (Fsp3) is 0.103. The van der Waals surface area contributed by atoms with Gasteiger partial charge < -0.3 is 20.1 Å². The van der Waals surface area contributed by atoms with Crippen molar-refractivity contribution >= 4 is 58.2 Å². The highest BCUT2D eigenvalue weighted by Gasteiger charge is 2.24. The molecule has 38 heavy (non-hydrogen) atoms. The maximum Gasteiger partial charge on any atom is 0.263 e. The van der Waals surface area contributed by atoms with Crippen molar-refractivity contribution in [1.29, 1.82) is 0 Å². The highest BCUT2D eigenvalue weighted by atomic mass is 35.5. The van der Waals surface area contributed by atoms with Crippen LogP contribution in [0.25, 0.3) is 0 Å². The maximum absolute atomic E-state index is 13.4. The van der Waals surface area contributed by atoms with Gasteiger partial charge in [0.1, 0.15) is 22.3 Å². The summed E-state index contributed by atoms with van der Waals surface area (Å²) in [6.07, 6.45) is 0. The zero-order valence-electron chi connectivity index (χ0n) is 20.5. The highest BCUT2D eigenvalue weighted by molar-refractivity contribution is 8.00. The first-order chi connectivity index (χ1) is 18.4. The van der Waals surface area contributed by atoms with E-state index in [2.05, 4.69) is 10.6 Å². The van der Waals surface area contributed by atoms with Crippen molar-refractivity contribution in [2.24, 2.45) is 0 Å². The molecular formula is C29H24Cl2N2O4S. The quantitative estimate of drug-likeness (QED) is 0.203. The molecule has 4 aromatic rings. The van der Waals surface area contributed by atoms with Gasteiger partial charge in [-0.05, 0) is 54.1 Å². The van der Waals surface area contributed by atoms with Crippen molar-refractivity contribution in [2.45, 2.75) is 10.1 Å². The minimum Gasteiger partial charge on any atom is -0.496 e. The third-order valence-electron chi connectivity index (χ3n) is 5.57. The fourth-order valence-electron chi connectivity index (χ4n) is 3.72. The van der Waals surface area contributed by atoms with Crippen LogP contribution >= 0.6 is 35.0 Å². The fourth-order valence-corrected chi connectivity index (χ4v) is 5.09. The van der Waals surface area contributed by atoms with Crippen LogP contribution in [0.3, 0.4) is 0 Å². The summed E-state index contributed by atoms with van der Waals surface area (Å²) in [5.41, 5.74) is 2.15. The normalized spacial score (nSPS) is 11.4. The van der Waals surface area contributed by atoms with Crippen molar-refractivity contribution in [3.8, 4) is 11.5 Å². The molecule has 0 spiro atoms. The second kappa shape index (κ2) is 12.7. The molecule has 194 valence electrons. The molecule has 0 heterocycles. The average molecular weight is 567 g/mol. The van der Waals surface area contributed by atoms with Gasteiger partial charge in [-0.1, -0.05) is 65.7 Å². The van der Waals surface area contributed by atoms with Gasteiger partial charge >= 0.3 is 0 Å². The number of halogens is 2. The zero-order chi connectivity index (χ0) is 27.1. The molecule has 0 bridgehead atoms. The van der Waals surface area contributed by atoms with Gasteiger partial charge in [0.2, 0.25) is 5.91 Å².